The van der Waals surface area contributed by atoms with Crippen molar-refractivity contribution in [3.8, 4) is 0 Å². The highest BCUT2D eigenvalue weighted by Crippen LogP contribution is 2.15. The molecule has 2 unspecified atom stereocenters. The first-order valence-corrected chi connectivity index (χ1v) is 6.24. The smallest absolute Gasteiger partial charge is 0.118 e. The van der Waals surface area contributed by atoms with Crippen LogP contribution in [0, 0.1) is 0 Å². The standard InChI is InChI=1S/C13H22N2O/c1-4-12-5-6-13(16-12)9-15-8-10(2)14-7-11(15)3/h5-6,10-11,14H,4,7-9H2,1-3H3. The van der Waals surface area contributed by atoms with E-state index in [0.717, 1.165) is 37.6 Å². The first kappa shape index (κ1) is 11.7. The number of hydrogen-bond acceptors (Lipinski definition) is 3. The number of rotatable bonds is 3. The van der Waals surface area contributed by atoms with Crippen molar-refractivity contribution in [1.82, 2.24) is 10.2 Å². The van der Waals surface area contributed by atoms with Gasteiger partial charge >= 0.3 is 0 Å². The van der Waals surface area contributed by atoms with Crippen LogP contribution >= 0.6 is 0 Å². The maximum absolute atomic E-state index is 5.76. The fraction of sp³-hybridized carbons (Fsp3) is 0.692. The topological polar surface area (TPSA) is 28.4 Å². The summed E-state index contributed by atoms with van der Waals surface area (Å²) in [6.45, 7) is 9.73. The Balaban J connectivity index is 1.97. The molecule has 3 heteroatoms. The second-order valence-electron chi connectivity index (χ2n) is 4.81. The summed E-state index contributed by atoms with van der Waals surface area (Å²) in [7, 11) is 0. The third-order valence-corrected chi connectivity index (χ3v) is 3.32. The highest BCUT2D eigenvalue weighted by molar-refractivity contribution is 5.07. The molecule has 2 heterocycles. The Kier molecular flexibility index (Phi) is 3.66. The lowest BCUT2D eigenvalue weighted by atomic mass is 10.1. The van der Waals surface area contributed by atoms with Crippen LogP contribution in [0.2, 0.25) is 0 Å². The molecule has 2 atom stereocenters. The lowest BCUT2D eigenvalue weighted by Gasteiger charge is -2.36. The summed E-state index contributed by atoms with van der Waals surface area (Å²) in [5.41, 5.74) is 0. The number of aryl methyl sites for hydroxylation is 1. The minimum atomic E-state index is 0.580. The number of hydrogen-bond donors (Lipinski definition) is 1. The van der Waals surface area contributed by atoms with Crippen LogP contribution in [-0.2, 0) is 13.0 Å². The number of piperazine rings is 1. The summed E-state index contributed by atoms with van der Waals surface area (Å²) >= 11 is 0. The lowest BCUT2D eigenvalue weighted by molar-refractivity contribution is 0.128. The SMILES string of the molecule is CCc1ccc(CN2CC(C)NCC2C)o1. The van der Waals surface area contributed by atoms with Gasteiger partial charge in [-0.05, 0) is 26.0 Å². The van der Waals surface area contributed by atoms with Gasteiger partial charge in [-0.15, -0.1) is 0 Å². The van der Waals surface area contributed by atoms with E-state index in [4.69, 9.17) is 4.42 Å². The lowest BCUT2D eigenvalue weighted by Crippen LogP contribution is -2.53. The molecule has 16 heavy (non-hydrogen) atoms. The van der Waals surface area contributed by atoms with E-state index < -0.39 is 0 Å². The molecule has 0 aliphatic carbocycles. The van der Waals surface area contributed by atoms with Crippen molar-refractivity contribution in [2.24, 2.45) is 0 Å². The van der Waals surface area contributed by atoms with Gasteiger partial charge in [0.1, 0.15) is 11.5 Å². The molecule has 90 valence electrons. The van der Waals surface area contributed by atoms with Crippen LogP contribution in [0.4, 0.5) is 0 Å². The third-order valence-electron chi connectivity index (χ3n) is 3.32. The van der Waals surface area contributed by atoms with Gasteiger partial charge in [0.15, 0.2) is 0 Å². The first-order chi connectivity index (χ1) is 7.69. The molecule has 1 aromatic heterocycles. The molecule has 0 amide bonds. The Morgan fingerprint density at radius 3 is 2.81 bits per heavy atom. The maximum atomic E-state index is 5.76. The second-order valence-corrected chi connectivity index (χ2v) is 4.81. The van der Waals surface area contributed by atoms with Crippen molar-refractivity contribution < 1.29 is 4.42 Å². The average Bonchev–Trinajstić information content (AvgIpc) is 2.71. The third kappa shape index (κ3) is 2.66. The summed E-state index contributed by atoms with van der Waals surface area (Å²) in [5, 5.41) is 3.49. The predicted octanol–water partition coefficient (Wildman–Crippen LogP) is 2.02. The van der Waals surface area contributed by atoms with E-state index in [2.05, 4.69) is 43.1 Å². The van der Waals surface area contributed by atoms with E-state index in [0.29, 0.717) is 12.1 Å². The zero-order chi connectivity index (χ0) is 11.5. The Hall–Kier alpha value is -0.800. The average molecular weight is 222 g/mol. The fourth-order valence-electron chi connectivity index (χ4n) is 2.21. The molecule has 1 aromatic rings. The molecule has 0 saturated carbocycles. The molecule has 0 spiro atoms. The molecule has 0 radical (unpaired) electrons. The van der Waals surface area contributed by atoms with Crippen LogP contribution in [0.5, 0.6) is 0 Å². The van der Waals surface area contributed by atoms with Crippen molar-refractivity contribution in [2.45, 2.75) is 45.8 Å². The van der Waals surface area contributed by atoms with E-state index in [-0.39, 0.29) is 0 Å². The Morgan fingerprint density at radius 2 is 2.12 bits per heavy atom. The Morgan fingerprint density at radius 1 is 1.38 bits per heavy atom. The van der Waals surface area contributed by atoms with Gasteiger partial charge in [-0.3, -0.25) is 4.90 Å². The maximum Gasteiger partial charge on any atom is 0.118 e. The highest BCUT2D eigenvalue weighted by atomic mass is 16.3. The van der Waals surface area contributed by atoms with E-state index >= 15 is 0 Å². The summed E-state index contributed by atoms with van der Waals surface area (Å²) in [6, 6.07) is 5.37. The zero-order valence-electron chi connectivity index (χ0n) is 10.5. The van der Waals surface area contributed by atoms with E-state index in [1.54, 1.807) is 0 Å². The van der Waals surface area contributed by atoms with E-state index in [1.807, 2.05) is 0 Å². The van der Waals surface area contributed by atoms with Crippen LogP contribution in [0.3, 0.4) is 0 Å². The summed E-state index contributed by atoms with van der Waals surface area (Å²) < 4.78 is 5.76. The molecule has 1 aliphatic heterocycles. The number of nitrogens with zero attached hydrogens (tertiary/aromatic N) is 1. The van der Waals surface area contributed by atoms with Crippen molar-refractivity contribution in [3.05, 3.63) is 23.7 Å². The Bertz CT molecular complexity index is 334. The van der Waals surface area contributed by atoms with Crippen LogP contribution in [0.1, 0.15) is 32.3 Å². The number of nitrogens with one attached hydrogen (secondary N) is 1. The van der Waals surface area contributed by atoms with Gasteiger partial charge in [0.2, 0.25) is 0 Å². The molecule has 1 N–H and O–H groups in total. The molecular formula is C13H22N2O. The normalized spacial score (nSPS) is 27.2. The zero-order valence-corrected chi connectivity index (χ0v) is 10.5. The second kappa shape index (κ2) is 5.02. The minimum Gasteiger partial charge on any atom is -0.465 e. The van der Waals surface area contributed by atoms with Gasteiger partial charge < -0.3 is 9.73 Å². The van der Waals surface area contributed by atoms with Crippen LogP contribution in [0.15, 0.2) is 16.5 Å². The molecule has 1 saturated heterocycles. The molecule has 2 rings (SSSR count). The Labute approximate surface area is 97.8 Å². The molecule has 0 aromatic carbocycles. The van der Waals surface area contributed by atoms with Crippen molar-refractivity contribution in [1.29, 1.82) is 0 Å². The summed E-state index contributed by atoms with van der Waals surface area (Å²) in [6.07, 6.45) is 0.980. The molecule has 1 aliphatic rings. The van der Waals surface area contributed by atoms with Crippen molar-refractivity contribution in [3.63, 3.8) is 0 Å². The van der Waals surface area contributed by atoms with Crippen LogP contribution < -0.4 is 5.32 Å². The van der Waals surface area contributed by atoms with Gasteiger partial charge in [0, 0.05) is 31.6 Å². The van der Waals surface area contributed by atoms with Gasteiger partial charge in [-0.1, -0.05) is 6.92 Å². The van der Waals surface area contributed by atoms with Gasteiger partial charge in [0.05, 0.1) is 6.54 Å². The molecule has 3 nitrogen and oxygen atoms in total. The predicted molar refractivity (Wildman–Crippen MR) is 65.4 cm³/mol. The molecular weight excluding hydrogens is 200 g/mol. The molecule has 0 bridgehead atoms. The van der Waals surface area contributed by atoms with Crippen molar-refractivity contribution >= 4 is 0 Å². The van der Waals surface area contributed by atoms with E-state index in [1.165, 1.54) is 0 Å². The monoisotopic (exact) mass is 222 g/mol. The van der Waals surface area contributed by atoms with E-state index in [9.17, 15) is 0 Å². The summed E-state index contributed by atoms with van der Waals surface area (Å²) in [5.74, 6) is 2.18. The van der Waals surface area contributed by atoms with Crippen molar-refractivity contribution in [2.75, 3.05) is 13.1 Å². The minimum absolute atomic E-state index is 0.580. The quantitative estimate of drug-likeness (QED) is 0.848. The van der Waals surface area contributed by atoms with Gasteiger partial charge in [-0.25, -0.2) is 0 Å². The number of furan rings is 1. The van der Waals surface area contributed by atoms with Gasteiger partial charge in [-0.2, -0.15) is 0 Å². The van der Waals surface area contributed by atoms with Crippen LogP contribution in [-0.4, -0.2) is 30.1 Å². The molecule has 1 fully saturated rings. The van der Waals surface area contributed by atoms with Gasteiger partial charge in [0.25, 0.3) is 0 Å². The first-order valence-electron chi connectivity index (χ1n) is 6.24. The fourth-order valence-corrected chi connectivity index (χ4v) is 2.21. The largest absolute Gasteiger partial charge is 0.465 e. The highest BCUT2D eigenvalue weighted by Gasteiger charge is 2.22. The summed E-state index contributed by atoms with van der Waals surface area (Å²) in [4.78, 5) is 2.49. The van der Waals surface area contributed by atoms with Crippen LogP contribution in [0.25, 0.3) is 0 Å².